The van der Waals surface area contributed by atoms with Crippen LogP contribution in [0.2, 0.25) is 0 Å². The Balaban J connectivity index is 0.00000225. The third-order valence-electron chi connectivity index (χ3n) is 5.19. The van der Waals surface area contributed by atoms with E-state index < -0.39 is 32.3 Å². The molecular formula is C19H19N2NaO5S. The van der Waals surface area contributed by atoms with Crippen LogP contribution in [0.15, 0.2) is 35.2 Å². The second-order valence-corrected chi connectivity index (χ2v) is 8.28. The van der Waals surface area contributed by atoms with Crippen molar-refractivity contribution in [3.05, 3.63) is 52.6 Å². The van der Waals surface area contributed by atoms with Crippen LogP contribution in [-0.4, -0.2) is 60.1 Å². The summed E-state index contributed by atoms with van der Waals surface area (Å²) in [6.45, 7) is 0. The molecule has 7 nitrogen and oxygen atoms in total. The van der Waals surface area contributed by atoms with Gasteiger partial charge in [-0.2, -0.15) is 8.42 Å². The van der Waals surface area contributed by atoms with Crippen molar-refractivity contribution in [2.75, 3.05) is 11.1 Å². The third-order valence-corrected chi connectivity index (χ3v) is 6.09. The predicted molar refractivity (Wildman–Crippen MR) is 107 cm³/mol. The van der Waals surface area contributed by atoms with Crippen molar-refractivity contribution >= 4 is 62.6 Å². The van der Waals surface area contributed by atoms with Gasteiger partial charge in [0.05, 0.1) is 16.8 Å². The Hall–Kier alpha value is -1.71. The number of nitrogens with two attached hydrogens (primary N) is 1. The van der Waals surface area contributed by atoms with Crippen molar-refractivity contribution in [3.8, 4) is 0 Å². The van der Waals surface area contributed by atoms with Crippen LogP contribution in [0.1, 0.15) is 57.5 Å². The molecule has 9 heteroatoms. The van der Waals surface area contributed by atoms with Gasteiger partial charge >= 0.3 is 29.6 Å². The maximum absolute atomic E-state index is 13.1. The zero-order valence-corrected chi connectivity index (χ0v) is 15.2. The summed E-state index contributed by atoms with van der Waals surface area (Å²) in [4.78, 5) is 25.5. The molecule has 2 aliphatic rings. The van der Waals surface area contributed by atoms with E-state index in [2.05, 4.69) is 5.32 Å². The van der Waals surface area contributed by atoms with E-state index in [1.54, 1.807) is 18.2 Å². The molecule has 0 spiro atoms. The molecule has 2 aromatic rings. The molecule has 28 heavy (non-hydrogen) atoms. The van der Waals surface area contributed by atoms with Gasteiger partial charge in [0.2, 0.25) is 0 Å². The Bertz CT molecular complexity index is 1090. The first-order valence-corrected chi connectivity index (χ1v) is 10.1. The average molecular weight is 410 g/mol. The number of nitrogens with one attached hydrogen (secondary N) is 1. The van der Waals surface area contributed by atoms with E-state index in [0.717, 1.165) is 31.7 Å². The molecule has 0 radical (unpaired) electrons. The fourth-order valence-corrected chi connectivity index (χ4v) is 4.56. The Labute approximate surface area is 184 Å². The Morgan fingerprint density at radius 3 is 2.07 bits per heavy atom. The van der Waals surface area contributed by atoms with Gasteiger partial charge in [0.15, 0.2) is 11.6 Å². The van der Waals surface area contributed by atoms with Crippen molar-refractivity contribution < 1.29 is 22.6 Å². The second kappa shape index (κ2) is 7.61. The molecule has 4 N–H and O–H groups in total. The number of fused-ring (bicyclic) bond motifs is 2. The van der Waals surface area contributed by atoms with Gasteiger partial charge in [0.1, 0.15) is 4.90 Å². The standard InChI is InChI=1S/C19H18N2O5S.Na.H/c20-17-14(27(24,25)26)9-13(21-10-5-1-2-6-10)15-16(17)19(23)12-8-4-3-7-11(12)18(15)22;;/h3-4,7-10,21H,1-2,5-6,20H2,(H,24,25,26);;. The van der Waals surface area contributed by atoms with E-state index in [9.17, 15) is 22.6 Å². The van der Waals surface area contributed by atoms with E-state index in [0.29, 0.717) is 0 Å². The third kappa shape index (κ3) is 3.40. The fourth-order valence-electron chi connectivity index (χ4n) is 3.91. The van der Waals surface area contributed by atoms with Crippen LogP contribution >= 0.6 is 0 Å². The zero-order chi connectivity index (χ0) is 19.3. The molecule has 1 fully saturated rings. The number of carbonyl (C=O) groups excluding carboxylic acids is 2. The molecular weight excluding hydrogens is 391 g/mol. The molecule has 0 atom stereocenters. The van der Waals surface area contributed by atoms with Crippen molar-refractivity contribution in [1.82, 2.24) is 0 Å². The molecule has 0 heterocycles. The zero-order valence-electron chi connectivity index (χ0n) is 14.4. The van der Waals surface area contributed by atoms with Gasteiger partial charge in [0.25, 0.3) is 10.1 Å². The van der Waals surface area contributed by atoms with Gasteiger partial charge in [-0.15, -0.1) is 0 Å². The Kier molecular flexibility index (Phi) is 5.71. The molecule has 0 aromatic heterocycles. The van der Waals surface area contributed by atoms with Crippen LogP contribution in [0.4, 0.5) is 11.4 Å². The maximum atomic E-state index is 13.1. The van der Waals surface area contributed by atoms with E-state index in [1.807, 2.05) is 0 Å². The molecule has 0 amide bonds. The van der Waals surface area contributed by atoms with Crippen molar-refractivity contribution in [1.29, 1.82) is 0 Å². The molecule has 2 aliphatic carbocycles. The number of hydrogen-bond acceptors (Lipinski definition) is 6. The van der Waals surface area contributed by atoms with E-state index >= 15 is 0 Å². The first-order valence-electron chi connectivity index (χ1n) is 8.68. The number of carbonyl (C=O) groups is 2. The number of hydrogen-bond donors (Lipinski definition) is 3. The van der Waals surface area contributed by atoms with Crippen molar-refractivity contribution in [2.45, 2.75) is 36.6 Å². The molecule has 1 saturated carbocycles. The minimum absolute atomic E-state index is 0. The van der Waals surface area contributed by atoms with Gasteiger partial charge in [-0.25, -0.2) is 0 Å². The normalized spacial score (nSPS) is 16.3. The quantitative estimate of drug-likeness (QED) is 0.342. The van der Waals surface area contributed by atoms with Crippen molar-refractivity contribution in [2.24, 2.45) is 0 Å². The van der Waals surface area contributed by atoms with Crippen LogP contribution < -0.4 is 11.1 Å². The summed E-state index contributed by atoms with van der Waals surface area (Å²) in [5, 5.41) is 3.19. The summed E-state index contributed by atoms with van der Waals surface area (Å²) in [5.74, 6) is -0.924. The van der Waals surface area contributed by atoms with Gasteiger partial charge in [-0.1, -0.05) is 37.1 Å². The Morgan fingerprint density at radius 1 is 1.00 bits per heavy atom. The van der Waals surface area contributed by atoms with Crippen molar-refractivity contribution in [3.63, 3.8) is 0 Å². The van der Waals surface area contributed by atoms with Gasteiger partial charge < -0.3 is 11.1 Å². The topological polar surface area (TPSA) is 127 Å². The van der Waals surface area contributed by atoms with E-state index in [1.165, 1.54) is 6.07 Å². The molecule has 2 aromatic carbocycles. The monoisotopic (exact) mass is 410 g/mol. The molecule has 142 valence electrons. The SMILES string of the molecule is Nc1c(S(=O)(=O)O)cc(NC2CCCC2)c2c1C(=O)c1ccccc1C2=O.[NaH]. The van der Waals surface area contributed by atoms with Crippen LogP contribution in [0.25, 0.3) is 0 Å². The molecule has 0 aliphatic heterocycles. The van der Waals surface area contributed by atoms with Gasteiger partial charge in [0, 0.05) is 22.9 Å². The molecule has 4 rings (SSSR count). The molecule has 0 unspecified atom stereocenters. The average Bonchev–Trinajstić information content (AvgIpc) is 3.13. The fraction of sp³-hybridized carbons (Fsp3) is 0.263. The second-order valence-electron chi connectivity index (χ2n) is 6.89. The van der Waals surface area contributed by atoms with Gasteiger partial charge in [-0.3, -0.25) is 14.1 Å². The number of anilines is 2. The number of benzene rings is 2. The van der Waals surface area contributed by atoms with E-state index in [-0.39, 0.29) is 63.5 Å². The van der Waals surface area contributed by atoms with Crippen LogP contribution in [0.5, 0.6) is 0 Å². The van der Waals surface area contributed by atoms with Crippen LogP contribution in [0, 0.1) is 0 Å². The number of ketones is 2. The predicted octanol–water partition coefficient (Wildman–Crippen LogP) is 2.00. The summed E-state index contributed by atoms with van der Waals surface area (Å²) in [6, 6.07) is 7.56. The summed E-state index contributed by atoms with van der Waals surface area (Å²) in [5.41, 5.74) is 6.06. The molecule has 0 saturated heterocycles. The Morgan fingerprint density at radius 2 is 1.54 bits per heavy atom. The molecule has 0 bridgehead atoms. The number of nitrogen functional groups attached to an aromatic ring is 1. The van der Waals surface area contributed by atoms with Crippen LogP contribution in [0.3, 0.4) is 0 Å². The van der Waals surface area contributed by atoms with Crippen LogP contribution in [-0.2, 0) is 10.1 Å². The first-order chi connectivity index (χ1) is 12.8. The minimum atomic E-state index is -4.67. The summed E-state index contributed by atoms with van der Waals surface area (Å²) in [7, 11) is -4.67. The summed E-state index contributed by atoms with van der Waals surface area (Å²) >= 11 is 0. The van der Waals surface area contributed by atoms with E-state index in [4.69, 9.17) is 5.73 Å². The number of rotatable bonds is 3. The summed E-state index contributed by atoms with van der Waals surface area (Å²) < 4.78 is 33.2. The first kappa shape index (κ1) is 21.0. The summed E-state index contributed by atoms with van der Waals surface area (Å²) in [6.07, 6.45) is 3.80. The van der Waals surface area contributed by atoms with Gasteiger partial charge in [-0.05, 0) is 18.9 Å².